The van der Waals surface area contributed by atoms with E-state index in [2.05, 4.69) is 46.5 Å². The number of benzene rings is 1. The first-order valence-electron chi connectivity index (χ1n) is 11.1. The minimum absolute atomic E-state index is 0.0672. The molecule has 1 saturated heterocycles. The van der Waals surface area contributed by atoms with Crippen molar-refractivity contribution in [2.24, 2.45) is 16.6 Å². The summed E-state index contributed by atoms with van der Waals surface area (Å²) in [5.74, 6) is 1.70. The molecule has 2 aliphatic rings. The Bertz CT molecular complexity index is 741. The van der Waals surface area contributed by atoms with E-state index in [1.165, 1.54) is 5.56 Å². The van der Waals surface area contributed by atoms with Gasteiger partial charge in [0, 0.05) is 31.5 Å². The molecule has 0 spiro atoms. The van der Waals surface area contributed by atoms with E-state index in [0.29, 0.717) is 0 Å². The highest BCUT2D eigenvalue weighted by Gasteiger charge is 2.33. The second-order valence-electron chi connectivity index (χ2n) is 9.03. The maximum atomic E-state index is 11.3. The molecular weight excluding hydrogens is 378 g/mol. The Morgan fingerprint density at radius 3 is 2.70 bits per heavy atom. The first kappa shape index (κ1) is 22.4. The molecule has 1 aromatic rings. The number of nitrogens with two attached hydrogens (primary N) is 1. The molecule has 0 saturated carbocycles. The fraction of sp³-hybridized carbons (Fsp3) is 0.652. The Hall–Kier alpha value is -2.28. The number of hydrogen-bond acceptors (Lipinski definition) is 4. The van der Waals surface area contributed by atoms with Crippen molar-refractivity contribution in [3.05, 3.63) is 29.8 Å². The number of nitrogens with one attached hydrogen (secondary N) is 2. The van der Waals surface area contributed by atoms with Crippen LogP contribution in [0.2, 0.25) is 0 Å². The van der Waals surface area contributed by atoms with E-state index < -0.39 is 0 Å². The number of unbranched alkanes of at least 4 members (excludes halogenated alkanes) is 1. The third kappa shape index (κ3) is 6.11. The number of primary amides is 1. The van der Waals surface area contributed by atoms with Crippen molar-refractivity contribution < 1.29 is 9.53 Å². The Kier molecular flexibility index (Phi) is 7.58. The summed E-state index contributed by atoms with van der Waals surface area (Å²) >= 11 is 0. The van der Waals surface area contributed by atoms with Crippen molar-refractivity contribution in [3.63, 3.8) is 0 Å². The molecule has 2 heterocycles. The molecule has 2 aliphatic heterocycles. The highest BCUT2D eigenvalue weighted by atomic mass is 16.5. The number of likely N-dealkylation sites (tertiary alicyclic amines) is 1. The Morgan fingerprint density at radius 1 is 1.27 bits per heavy atom. The topological polar surface area (TPSA) is 92.0 Å². The second-order valence-corrected chi connectivity index (χ2v) is 9.03. The molecule has 0 bridgehead atoms. The predicted octanol–water partition coefficient (Wildman–Crippen LogP) is 2.43. The van der Waals surface area contributed by atoms with Crippen LogP contribution in [0.3, 0.4) is 0 Å². The van der Waals surface area contributed by atoms with E-state index in [-0.39, 0.29) is 23.5 Å². The number of nitrogens with zero attached hydrogens (tertiary/aromatic N) is 2. The SMILES string of the molecule is CN=C(NCCCCN1CCC(C(N)=O)CC1)NC1CC(C)(C)Oc2ccccc21. The normalized spacial score (nSPS) is 22.1. The zero-order chi connectivity index (χ0) is 21.6. The van der Waals surface area contributed by atoms with Gasteiger partial charge in [-0.05, 0) is 65.2 Å². The van der Waals surface area contributed by atoms with Gasteiger partial charge in [-0.25, -0.2) is 0 Å². The number of amides is 1. The second kappa shape index (κ2) is 10.2. The number of carbonyl (C=O) groups excluding carboxylic acids is 1. The van der Waals surface area contributed by atoms with Crippen LogP contribution in [-0.2, 0) is 4.79 Å². The van der Waals surface area contributed by atoms with Crippen molar-refractivity contribution in [2.75, 3.05) is 33.2 Å². The minimum atomic E-state index is -0.215. The molecule has 4 N–H and O–H groups in total. The Labute approximate surface area is 180 Å². The lowest BCUT2D eigenvalue weighted by Gasteiger charge is -2.38. The van der Waals surface area contributed by atoms with Crippen molar-refractivity contribution in [2.45, 2.75) is 57.6 Å². The van der Waals surface area contributed by atoms with E-state index in [9.17, 15) is 4.79 Å². The standard InChI is InChI=1S/C23H37N5O2/c1-23(2)16-19(18-8-4-5-9-20(18)30-23)27-22(25-3)26-12-6-7-13-28-14-10-17(11-15-28)21(24)29/h4-5,8-9,17,19H,6-7,10-16H2,1-3H3,(H2,24,29)(H2,25,26,27). The van der Waals surface area contributed by atoms with Gasteiger partial charge in [0.2, 0.25) is 5.91 Å². The Morgan fingerprint density at radius 2 is 2.00 bits per heavy atom. The summed E-state index contributed by atoms with van der Waals surface area (Å²) < 4.78 is 6.12. The van der Waals surface area contributed by atoms with Crippen molar-refractivity contribution in [3.8, 4) is 5.75 Å². The molecule has 0 aromatic heterocycles. The van der Waals surface area contributed by atoms with Crippen LogP contribution in [0.1, 0.15) is 57.6 Å². The highest BCUT2D eigenvalue weighted by molar-refractivity contribution is 5.80. The van der Waals surface area contributed by atoms with Crippen molar-refractivity contribution >= 4 is 11.9 Å². The number of piperidine rings is 1. The molecule has 0 radical (unpaired) electrons. The number of guanidine groups is 1. The van der Waals surface area contributed by atoms with Gasteiger partial charge in [-0.3, -0.25) is 9.79 Å². The lowest BCUT2D eigenvalue weighted by Crippen LogP contribution is -2.45. The fourth-order valence-electron chi connectivity index (χ4n) is 4.40. The van der Waals surface area contributed by atoms with Crippen LogP contribution < -0.4 is 21.1 Å². The van der Waals surface area contributed by atoms with E-state index >= 15 is 0 Å². The maximum absolute atomic E-state index is 11.3. The zero-order valence-corrected chi connectivity index (χ0v) is 18.6. The molecule has 3 rings (SSSR count). The predicted molar refractivity (Wildman–Crippen MR) is 121 cm³/mol. The van der Waals surface area contributed by atoms with Crippen molar-refractivity contribution in [1.29, 1.82) is 0 Å². The van der Waals surface area contributed by atoms with Crippen LogP contribution in [0.15, 0.2) is 29.3 Å². The van der Waals surface area contributed by atoms with Crippen LogP contribution in [0.25, 0.3) is 0 Å². The van der Waals surface area contributed by atoms with Gasteiger partial charge in [0.15, 0.2) is 5.96 Å². The number of rotatable bonds is 7. The summed E-state index contributed by atoms with van der Waals surface area (Å²) in [7, 11) is 1.81. The number of ether oxygens (including phenoxy) is 1. The molecule has 0 aliphatic carbocycles. The smallest absolute Gasteiger partial charge is 0.220 e. The number of fused-ring (bicyclic) bond motifs is 1. The minimum Gasteiger partial charge on any atom is -0.487 e. The van der Waals surface area contributed by atoms with Gasteiger partial charge in [-0.2, -0.15) is 0 Å². The van der Waals surface area contributed by atoms with Gasteiger partial charge in [-0.1, -0.05) is 18.2 Å². The third-order valence-electron chi connectivity index (χ3n) is 6.09. The summed E-state index contributed by atoms with van der Waals surface area (Å²) in [5.41, 5.74) is 6.38. The summed E-state index contributed by atoms with van der Waals surface area (Å²) in [6.07, 6.45) is 4.87. The average Bonchev–Trinajstić information content (AvgIpc) is 2.72. The average molecular weight is 416 g/mol. The van der Waals surface area contributed by atoms with Gasteiger partial charge in [0.25, 0.3) is 0 Å². The summed E-state index contributed by atoms with van der Waals surface area (Å²) in [6, 6.07) is 8.39. The van der Waals surface area contributed by atoms with Gasteiger partial charge >= 0.3 is 0 Å². The lowest BCUT2D eigenvalue weighted by molar-refractivity contribution is -0.123. The molecular formula is C23H37N5O2. The van der Waals surface area contributed by atoms with E-state index in [0.717, 1.165) is 70.0 Å². The largest absolute Gasteiger partial charge is 0.487 e. The van der Waals surface area contributed by atoms with E-state index in [1.807, 2.05) is 19.2 Å². The molecule has 30 heavy (non-hydrogen) atoms. The molecule has 7 heteroatoms. The number of carbonyl (C=O) groups is 1. The van der Waals surface area contributed by atoms with Crippen LogP contribution >= 0.6 is 0 Å². The maximum Gasteiger partial charge on any atom is 0.220 e. The molecule has 1 unspecified atom stereocenters. The van der Waals surface area contributed by atoms with Gasteiger partial charge in [-0.15, -0.1) is 0 Å². The van der Waals surface area contributed by atoms with Crippen LogP contribution in [0, 0.1) is 5.92 Å². The molecule has 1 amide bonds. The zero-order valence-electron chi connectivity index (χ0n) is 18.6. The van der Waals surface area contributed by atoms with Crippen molar-refractivity contribution in [1.82, 2.24) is 15.5 Å². The van der Waals surface area contributed by atoms with Gasteiger partial charge in [0.05, 0.1) is 6.04 Å². The van der Waals surface area contributed by atoms with E-state index in [1.54, 1.807) is 0 Å². The first-order chi connectivity index (χ1) is 14.4. The lowest BCUT2D eigenvalue weighted by atomic mass is 9.90. The molecule has 1 fully saturated rings. The third-order valence-corrected chi connectivity index (χ3v) is 6.09. The molecule has 166 valence electrons. The monoisotopic (exact) mass is 415 g/mol. The summed E-state index contributed by atoms with van der Waals surface area (Å²) in [4.78, 5) is 18.1. The number of aliphatic imine (C=N–C) groups is 1. The van der Waals surface area contributed by atoms with E-state index in [4.69, 9.17) is 10.5 Å². The molecule has 1 aromatic carbocycles. The number of para-hydroxylation sites is 1. The Balaban J connectivity index is 1.40. The number of hydrogen-bond donors (Lipinski definition) is 3. The quantitative estimate of drug-likeness (QED) is 0.361. The molecule has 7 nitrogen and oxygen atoms in total. The summed E-state index contributed by atoms with van der Waals surface area (Å²) in [6.45, 7) is 8.15. The van der Waals surface area contributed by atoms with Crippen LogP contribution in [-0.4, -0.2) is 55.6 Å². The summed E-state index contributed by atoms with van der Waals surface area (Å²) in [5, 5.41) is 7.03. The van der Waals surface area contributed by atoms with Crippen LogP contribution in [0.4, 0.5) is 0 Å². The van der Waals surface area contributed by atoms with Gasteiger partial charge in [0.1, 0.15) is 11.4 Å². The molecule has 1 atom stereocenters. The van der Waals surface area contributed by atoms with Gasteiger partial charge < -0.3 is 26.0 Å². The first-order valence-corrected chi connectivity index (χ1v) is 11.1. The highest BCUT2D eigenvalue weighted by Crippen LogP contribution is 2.39. The fourth-order valence-corrected chi connectivity index (χ4v) is 4.40. The van der Waals surface area contributed by atoms with Crippen LogP contribution in [0.5, 0.6) is 5.75 Å².